The number of likely N-dealkylation sites (tertiary alicyclic amines) is 1. The molecule has 0 atom stereocenters. The Morgan fingerprint density at radius 3 is 2.53 bits per heavy atom. The van der Waals surface area contributed by atoms with Gasteiger partial charge in [0.25, 0.3) is 0 Å². The summed E-state index contributed by atoms with van der Waals surface area (Å²) >= 11 is 0. The number of anilines is 1. The molecule has 0 saturated carbocycles. The van der Waals surface area contributed by atoms with Gasteiger partial charge in [-0.1, -0.05) is 0 Å². The number of sulfone groups is 1. The van der Waals surface area contributed by atoms with Crippen LogP contribution in [0.5, 0.6) is 0 Å². The van der Waals surface area contributed by atoms with Gasteiger partial charge in [-0.3, -0.25) is 0 Å². The largest absolute Gasteiger partial charge is 0.351 e. The maximum atomic E-state index is 11.1. The number of hydrogen-bond donors (Lipinski definition) is 1. The molecule has 6 nitrogen and oxygen atoms in total. The van der Waals surface area contributed by atoms with Crippen LogP contribution in [0.3, 0.4) is 0 Å². The van der Waals surface area contributed by atoms with Crippen molar-refractivity contribution in [1.29, 1.82) is 0 Å². The summed E-state index contributed by atoms with van der Waals surface area (Å²) in [6, 6.07) is 2.16. The zero-order chi connectivity index (χ0) is 13.7. The summed E-state index contributed by atoms with van der Waals surface area (Å²) in [7, 11) is -2.86. The fourth-order valence-corrected chi connectivity index (χ4v) is 2.74. The van der Waals surface area contributed by atoms with E-state index in [0.717, 1.165) is 25.9 Å². The van der Waals surface area contributed by atoms with Crippen LogP contribution in [0.1, 0.15) is 12.8 Å². The van der Waals surface area contributed by atoms with E-state index >= 15 is 0 Å². The first-order valence-electron chi connectivity index (χ1n) is 6.46. The minimum absolute atomic E-state index is 0.243. The third-order valence-electron chi connectivity index (χ3n) is 3.26. The SMILES string of the molecule is CS(=O)(=O)CCN1CCC(Nc2ncccn2)CC1. The van der Waals surface area contributed by atoms with Crippen LogP contribution in [0.15, 0.2) is 18.5 Å². The van der Waals surface area contributed by atoms with Crippen molar-refractivity contribution in [3.05, 3.63) is 18.5 Å². The van der Waals surface area contributed by atoms with E-state index in [4.69, 9.17) is 0 Å². The second-order valence-electron chi connectivity index (χ2n) is 4.96. The van der Waals surface area contributed by atoms with Gasteiger partial charge in [0.1, 0.15) is 9.84 Å². The maximum absolute atomic E-state index is 11.1. The van der Waals surface area contributed by atoms with Crippen LogP contribution < -0.4 is 5.32 Å². The highest BCUT2D eigenvalue weighted by atomic mass is 32.2. The molecule has 106 valence electrons. The molecule has 1 saturated heterocycles. The summed E-state index contributed by atoms with van der Waals surface area (Å²) in [4.78, 5) is 10.5. The molecule has 1 fully saturated rings. The van der Waals surface area contributed by atoms with Gasteiger partial charge in [-0.25, -0.2) is 18.4 Å². The normalized spacial score (nSPS) is 18.4. The van der Waals surface area contributed by atoms with Crippen LogP contribution in [0.2, 0.25) is 0 Å². The minimum atomic E-state index is -2.86. The lowest BCUT2D eigenvalue weighted by Crippen LogP contribution is -2.41. The lowest BCUT2D eigenvalue weighted by molar-refractivity contribution is 0.230. The molecule has 7 heteroatoms. The molecule has 0 unspecified atom stereocenters. The van der Waals surface area contributed by atoms with E-state index in [2.05, 4.69) is 20.2 Å². The third-order valence-corrected chi connectivity index (χ3v) is 4.19. The predicted molar refractivity (Wildman–Crippen MR) is 74.8 cm³/mol. The molecule has 0 amide bonds. The Labute approximate surface area is 114 Å². The van der Waals surface area contributed by atoms with Crippen molar-refractivity contribution in [3.8, 4) is 0 Å². The number of hydrogen-bond acceptors (Lipinski definition) is 6. The Bertz CT molecular complexity index is 484. The Kier molecular flexibility index (Phi) is 4.71. The van der Waals surface area contributed by atoms with Crippen molar-refractivity contribution in [3.63, 3.8) is 0 Å². The average molecular weight is 284 g/mol. The van der Waals surface area contributed by atoms with E-state index in [1.165, 1.54) is 6.26 Å². The minimum Gasteiger partial charge on any atom is -0.351 e. The smallest absolute Gasteiger partial charge is 0.222 e. The van der Waals surface area contributed by atoms with Crippen molar-refractivity contribution < 1.29 is 8.42 Å². The van der Waals surface area contributed by atoms with Crippen LogP contribution in [-0.4, -0.2) is 61.0 Å². The monoisotopic (exact) mass is 284 g/mol. The molecule has 1 aromatic rings. The molecule has 0 bridgehead atoms. The highest BCUT2D eigenvalue weighted by molar-refractivity contribution is 7.90. The quantitative estimate of drug-likeness (QED) is 0.843. The van der Waals surface area contributed by atoms with Crippen molar-refractivity contribution in [2.45, 2.75) is 18.9 Å². The van der Waals surface area contributed by atoms with E-state index in [-0.39, 0.29) is 5.75 Å². The topological polar surface area (TPSA) is 75.2 Å². The molecule has 19 heavy (non-hydrogen) atoms. The molecule has 1 aliphatic rings. The number of nitrogens with zero attached hydrogens (tertiary/aromatic N) is 3. The van der Waals surface area contributed by atoms with Crippen LogP contribution in [0.4, 0.5) is 5.95 Å². The molecule has 2 heterocycles. The van der Waals surface area contributed by atoms with Crippen molar-refractivity contribution in [2.75, 3.05) is 37.0 Å². The van der Waals surface area contributed by atoms with E-state index < -0.39 is 9.84 Å². The van der Waals surface area contributed by atoms with Gasteiger partial charge in [0.05, 0.1) is 5.75 Å². The molecule has 1 aliphatic heterocycles. The zero-order valence-electron chi connectivity index (χ0n) is 11.1. The molecule has 0 aromatic carbocycles. The average Bonchev–Trinajstić information content (AvgIpc) is 2.38. The van der Waals surface area contributed by atoms with Gasteiger partial charge in [0.2, 0.25) is 5.95 Å². The second-order valence-corrected chi connectivity index (χ2v) is 7.22. The standard InChI is InChI=1S/C12H20N4O2S/c1-19(17,18)10-9-16-7-3-11(4-8-16)15-12-13-5-2-6-14-12/h2,5-6,11H,3-4,7-10H2,1H3,(H,13,14,15). The highest BCUT2D eigenvalue weighted by Gasteiger charge is 2.20. The van der Waals surface area contributed by atoms with Crippen LogP contribution in [0, 0.1) is 0 Å². The highest BCUT2D eigenvalue weighted by Crippen LogP contribution is 2.13. The number of nitrogens with one attached hydrogen (secondary N) is 1. The maximum Gasteiger partial charge on any atom is 0.222 e. The van der Waals surface area contributed by atoms with Crippen molar-refractivity contribution in [2.24, 2.45) is 0 Å². The number of rotatable bonds is 5. The zero-order valence-corrected chi connectivity index (χ0v) is 11.9. The Morgan fingerprint density at radius 1 is 1.32 bits per heavy atom. The molecule has 1 aromatic heterocycles. The predicted octanol–water partition coefficient (Wildman–Crippen LogP) is 0.397. The summed E-state index contributed by atoms with van der Waals surface area (Å²) < 4.78 is 22.2. The molecule has 0 aliphatic carbocycles. The van der Waals surface area contributed by atoms with Crippen LogP contribution in [0.25, 0.3) is 0 Å². The molecule has 2 rings (SSSR count). The lowest BCUT2D eigenvalue weighted by atomic mass is 10.1. The summed E-state index contributed by atoms with van der Waals surface area (Å²) in [5.74, 6) is 0.907. The Hall–Kier alpha value is -1.21. The third kappa shape index (κ3) is 5.12. The van der Waals surface area contributed by atoms with E-state index in [1.54, 1.807) is 18.5 Å². The van der Waals surface area contributed by atoms with Gasteiger partial charge in [0.15, 0.2) is 0 Å². The van der Waals surface area contributed by atoms with E-state index in [9.17, 15) is 8.42 Å². The molecule has 0 radical (unpaired) electrons. The number of aromatic nitrogens is 2. The van der Waals surface area contributed by atoms with Gasteiger partial charge in [-0.15, -0.1) is 0 Å². The summed E-state index contributed by atoms with van der Waals surface area (Å²) in [6.45, 7) is 2.47. The first-order valence-corrected chi connectivity index (χ1v) is 8.52. The van der Waals surface area contributed by atoms with Gasteiger partial charge in [0, 0.05) is 44.3 Å². The van der Waals surface area contributed by atoms with Crippen molar-refractivity contribution in [1.82, 2.24) is 14.9 Å². The van der Waals surface area contributed by atoms with Crippen LogP contribution >= 0.6 is 0 Å². The Morgan fingerprint density at radius 2 is 1.95 bits per heavy atom. The summed E-state index contributed by atoms with van der Waals surface area (Å²) in [6.07, 6.45) is 6.70. The summed E-state index contributed by atoms with van der Waals surface area (Å²) in [5, 5.41) is 3.31. The molecular formula is C12H20N4O2S. The van der Waals surface area contributed by atoms with E-state index in [1.807, 2.05) is 0 Å². The first kappa shape index (κ1) is 14.2. The number of piperidine rings is 1. The molecular weight excluding hydrogens is 264 g/mol. The fourth-order valence-electron chi connectivity index (χ4n) is 2.15. The first-order chi connectivity index (χ1) is 9.03. The van der Waals surface area contributed by atoms with Gasteiger partial charge in [-0.2, -0.15) is 0 Å². The summed E-state index contributed by atoms with van der Waals surface area (Å²) in [5.41, 5.74) is 0. The van der Waals surface area contributed by atoms with E-state index in [0.29, 0.717) is 18.5 Å². The molecule has 0 spiro atoms. The lowest BCUT2D eigenvalue weighted by Gasteiger charge is -2.32. The van der Waals surface area contributed by atoms with Gasteiger partial charge < -0.3 is 10.2 Å². The molecule has 1 N–H and O–H groups in total. The van der Waals surface area contributed by atoms with Crippen molar-refractivity contribution >= 4 is 15.8 Å². The van der Waals surface area contributed by atoms with Crippen LogP contribution in [-0.2, 0) is 9.84 Å². The van der Waals surface area contributed by atoms with Gasteiger partial charge >= 0.3 is 0 Å². The fraction of sp³-hybridized carbons (Fsp3) is 0.667. The Balaban J connectivity index is 1.74. The second kappa shape index (κ2) is 6.29. The van der Waals surface area contributed by atoms with Gasteiger partial charge in [-0.05, 0) is 18.9 Å².